The van der Waals surface area contributed by atoms with E-state index in [0.717, 1.165) is 13.0 Å². The quantitative estimate of drug-likeness (QED) is 0.668. The Kier molecular flexibility index (Phi) is 2.00. The maximum Gasteiger partial charge on any atom is 0.0548 e. The van der Waals surface area contributed by atoms with E-state index >= 15 is 0 Å². The van der Waals surface area contributed by atoms with E-state index < -0.39 is 0 Å². The molecule has 1 nitrogen and oxygen atoms in total. The maximum absolute atomic E-state index is 4.06. The number of hydrogen-bond donors (Lipinski definition) is 0. The molecular weight excluding hydrogens is 194 g/mol. The normalized spacial score (nSPS) is 23.0. The second-order valence-electron chi connectivity index (χ2n) is 4.38. The van der Waals surface area contributed by atoms with E-state index in [4.69, 9.17) is 0 Å². The van der Waals surface area contributed by atoms with Gasteiger partial charge in [-0.05, 0) is 24.1 Å². The highest BCUT2D eigenvalue weighted by atomic mass is 15.0. The summed E-state index contributed by atoms with van der Waals surface area (Å²) >= 11 is 0. The third-order valence-corrected chi connectivity index (χ3v) is 3.67. The lowest BCUT2D eigenvalue weighted by molar-refractivity contribution is 0.624. The molecule has 1 aliphatic rings. The van der Waals surface area contributed by atoms with Crippen LogP contribution in [0.4, 0.5) is 0 Å². The summed E-state index contributed by atoms with van der Waals surface area (Å²) in [5.41, 5.74) is 2.74. The maximum atomic E-state index is 4.06. The van der Waals surface area contributed by atoms with E-state index in [9.17, 15) is 0 Å². The molecule has 0 fully saturated rings. The van der Waals surface area contributed by atoms with Gasteiger partial charge in [-0.3, -0.25) is 0 Å². The summed E-state index contributed by atoms with van der Waals surface area (Å²) < 4.78 is 2.33. The van der Waals surface area contributed by atoms with Crippen LogP contribution in [0.1, 0.15) is 17.7 Å². The molecule has 1 atom stereocenters. The van der Waals surface area contributed by atoms with Gasteiger partial charge in [-0.2, -0.15) is 0 Å². The molecule has 0 spiro atoms. The molecule has 80 valence electrons. The molecule has 1 heteroatoms. The van der Waals surface area contributed by atoms with Crippen molar-refractivity contribution >= 4 is 0 Å². The van der Waals surface area contributed by atoms with Crippen LogP contribution in [-0.4, -0.2) is 4.57 Å². The van der Waals surface area contributed by atoms with Crippen molar-refractivity contribution in [2.24, 2.45) is 0 Å². The van der Waals surface area contributed by atoms with Crippen molar-refractivity contribution in [1.82, 2.24) is 4.57 Å². The smallest absolute Gasteiger partial charge is 0.0548 e. The molecule has 1 aromatic heterocycles. The van der Waals surface area contributed by atoms with E-state index in [1.807, 2.05) is 0 Å². The Hall–Kier alpha value is -1.76. The Balaban J connectivity index is 2.20. The molecule has 0 unspecified atom stereocenters. The zero-order valence-electron chi connectivity index (χ0n) is 9.26. The largest absolute Gasteiger partial charge is 0.350 e. The molecule has 1 aromatic carbocycles. The van der Waals surface area contributed by atoms with Crippen LogP contribution >= 0.6 is 0 Å². The number of benzene rings is 1. The number of nitrogens with zero attached hydrogens (tertiary/aromatic N) is 1. The second kappa shape index (κ2) is 3.38. The Bertz CT molecular complexity index is 509. The lowest BCUT2D eigenvalue weighted by Crippen LogP contribution is -2.21. The summed E-state index contributed by atoms with van der Waals surface area (Å²) in [4.78, 5) is 0. The number of fused-ring (bicyclic) bond motifs is 1. The minimum absolute atomic E-state index is 0.0186. The van der Waals surface area contributed by atoms with Crippen LogP contribution in [0.15, 0.2) is 61.3 Å². The minimum Gasteiger partial charge on any atom is -0.350 e. The zero-order chi connectivity index (χ0) is 11.0. The molecule has 0 N–H and O–H groups in total. The monoisotopic (exact) mass is 209 g/mol. The van der Waals surface area contributed by atoms with E-state index in [1.165, 1.54) is 11.3 Å². The molecule has 2 aromatic rings. The lowest BCUT2D eigenvalue weighted by Gasteiger charge is -2.25. The zero-order valence-corrected chi connectivity index (χ0v) is 9.26. The van der Waals surface area contributed by atoms with Crippen LogP contribution in [0.5, 0.6) is 0 Å². The topological polar surface area (TPSA) is 4.93 Å². The highest BCUT2D eigenvalue weighted by Crippen LogP contribution is 2.41. The van der Waals surface area contributed by atoms with Gasteiger partial charge in [0.2, 0.25) is 0 Å². The summed E-state index contributed by atoms with van der Waals surface area (Å²) in [5.74, 6) is 0. The average Bonchev–Trinajstić information content (AvgIpc) is 2.92. The standard InChI is InChI=1S/C15H15N/c1-2-15(13-7-4-3-5-8-13)10-12-16-11-6-9-14(15)16/h2-9,11H,1,10,12H2/t15-/m0/s1. The molecular formula is C15H15N. The first kappa shape index (κ1) is 9.46. The molecule has 16 heavy (non-hydrogen) atoms. The first-order chi connectivity index (χ1) is 7.87. The predicted molar refractivity (Wildman–Crippen MR) is 66.5 cm³/mol. The van der Waals surface area contributed by atoms with Crippen LogP contribution < -0.4 is 0 Å². The van der Waals surface area contributed by atoms with E-state index in [0.29, 0.717) is 0 Å². The van der Waals surface area contributed by atoms with Gasteiger partial charge in [-0.25, -0.2) is 0 Å². The Morgan fingerprint density at radius 2 is 1.94 bits per heavy atom. The average molecular weight is 209 g/mol. The van der Waals surface area contributed by atoms with Gasteiger partial charge in [0.25, 0.3) is 0 Å². The molecule has 0 saturated heterocycles. The highest BCUT2D eigenvalue weighted by molar-refractivity contribution is 5.43. The first-order valence-electron chi connectivity index (χ1n) is 5.71. The van der Waals surface area contributed by atoms with Crippen molar-refractivity contribution < 1.29 is 0 Å². The fraction of sp³-hybridized carbons (Fsp3) is 0.200. The van der Waals surface area contributed by atoms with E-state index in [2.05, 4.69) is 65.9 Å². The van der Waals surface area contributed by atoms with E-state index in [-0.39, 0.29) is 5.41 Å². The fourth-order valence-corrected chi connectivity index (χ4v) is 2.79. The van der Waals surface area contributed by atoms with Crippen LogP contribution in [0.3, 0.4) is 0 Å². The third-order valence-electron chi connectivity index (χ3n) is 3.67. The Morgan fingerprint density at radius 1 is 1.12 bits per heavy atom. The van der Waals surface area contributed by atoms with Gasteiger partial charge in [0.05, 0.1) is 5.41 Å². The Labute approximate surface area is 96.0 Å². The van der Waals surface area contributed by atoms with Gasteiger partial charge in [0, 0.05) is 18.4 Å². The highest BCUT2D eigenvalue weighted by Gasteiger charge is 2.37. The Morgan fingerprint density at radius 3 is 2.69 bits per heavy atom. The number of hydrogen-bond acceptors (Lipinski definition) is 0. The molecule has 1 aliphatic heterocycles. The van der Waals surface area contributed by atoms with Gasteiger partial charge in [-0.1, -0.05) is 36.4 Å². The minimum atomic E-state index is 0.0186. The second-order valence-corrected chi connectivity index (χ2v) is 4.38. The van der Waals surface area contributed by atoms with Crippen molar-refractivity contribution in [2.75, 3.05) is 0 Å². The van der Waals surface area contributed by atoms with Crippen molar-refractivity contribution in [3.05, 3.63) is 72.6 Å². The molecule has 0 saturated carbocycles. The number of aryl methyl sites for hydroxylation is 1. The van der Waals surface area contributed by atoms with Crippen molar-refractivity contribution in [2.45, 2.75) is 18.4 Å². The predicted octanol–water partition coefficient (Wildman–Crippen LogP) is 3.36. The van der Waals surface area contributed by atoms with Crippen molar-refractivity contribution in [3.63, 3.8) is 0 Å². The summed E-state index contributed by atoms with van der Waals surface area (Å²) in [6.07, 6.45) is 5.38. The number of allylic oxidation sites excluding steroid dienone is 1. The summed E-state index contributed by atoms with van der Waals surface area (Å²) in [7, 11) is 0. The van der Waals surface area contributed by atoms with Crippen molar-refractivity contribution in [3.8, 4) is 0 Å². The van der Waals surface area contributed by atoms with Gasteiger partial charge < -0.3 is 4.57 Å². The van der Waals surface area contributed by atoms with Crippen LogP contribution in [-0.2, 0) is 12.0 Å². The van der Waals surface area contributed by atoms with Gasteiger partial charge in [0.15, 0.2) is 0 Å². The van der Waals surface area contributed by atoms with Crippen LogP contribution in [0, 0.1) is 0 Å². The molecule has 0 aliphatic carbocycles. The van der Waals surface area contributed by atoms with Gasteiger partial charge >= 0.3 is 0 Å². The summed E-state index contributed by atoms with van der Waals surface area (Å²) in [6, 6.07) is 15.0. The third kappa shape index (κ3) is 1.12. The summed E-state index contributed by atoms with van der Waals surface area (Å²) in [6.45, 7) is 5.14. The van der Waals surface area contributed by atoms with Crippen molar-refractivity contribution in [1.29, 1.82) is 0 Å². The van der Waals surface area contributed by atoms with E-state index in [1.54, 1.807) is 0 Å². The lowest BCUT2D eigenvalue weighted by atomic mass is 9.77. The number of aromatic nitrogens is 1. The SMILES string of the molecule is C=C[C@@]1(c2ccccc2)CCn2cccc21. The molecule has 3 rings (SSSR count). The van der Waals surface area contributed by atoms with Gasteiger partial charge in [-0.15, -0.1) is 6.58 Å². The van der Waals surface area contributed by atoms with Crippen LogP contribution in [0.25, 0.3) is 0 Å². The molecule has 0 amide bonds. The fourth-order valence-electron chi connectivity index (χ4n) is 2.79. The molecule has 2 heterocycles. The van der Waals surface area contributed by atoms with Crippen LogP contribution in [0.2, 0.25) is 0 Å². The molecule has 0 bridgehead atoms. The summed E-state index contributed by atoms with van der Waals surface area (Å²) in [5, 5.41) is 0. The van der Waals surface area contributed by atoms with Gasteiger partial charge in [0.1, 0.15) is 0 Å². The molecule has 0 radical (unpaired) electrons. The number of rotatable bonds is 2. The first-order valence-corrected chi connectivity index (χ1v) is 5.71.